The quantitative estimate of drug-likeness (QED) is 0.469. The molecule has 0 aliphatic rings. The van der Waals surface area contributed by atoms with Crippen LogP contribution in [-0.4, -0.2) is 51.4 Å². The monoisotopic (exact) mass is 472 g/mol. The Morgan fingerprint density at radius 1 is 0.897 bits per heavy atom. The summed E-state index contributed by atoms with van der Waals surface area (Å²) < 4.78 is 28.6. The second-order valence-electron chi connectivity index (χ2n) is 7.02. The molecular weight excluding hydrogens is 448 g/mol. The summed E-state index contributed by atoms with van der Waals surface area (Å²) in [5, 5.41) is 1.69. The Bertz CT molecular complexity index is 1090. The van der Waals surface area contributed by atoms with Crippen LogP contribution in [-0.2, 0) is 10.0 Å². The zero-order valence-electron chi connectivity index (χ0n) is 16.6. The van der Waals surface area contributed by atoms with Crippen molar-refractivity contribution in [3.63, 3.8) is 0 Å². The molecule has 3 rings (SSSR count). The minimum Gasteiger partial charge on any atom is -0.301 e. The van der Waals surface area contributed by atoms with Crippen LogP contribution in [0.5, 0.6) is 0 Å². The van der Waals surface area contributed by atoms with Crippen LogP contribution in [0, 0.1) is 0 Å². The van der Waals surface area contributed by atoms with Gasteiger partial charge in [-0.2, -0.15) is 4.31 Å². The molecule has 29 heavy (non-hydrogen) atoms. The summed E-state index contributed by atoms with van der Waals surface area (Å²) in [5.74, 6) is 0. The Labute approximate surface area is 181 Å². The van der Waals surface area contributed by atoms with Crippen molar-refractivity contribution < 1.29 is 8.42 Å². The van der Waals surface area contributed by atoms with Gasteiger partial charge in [-0.15, -0.1) is 0 Å². The van der Waals surface area contributed by atoms with Crippen LogP contribution in [0.1, 0.15) is 5.56 Å². The van der Waals surface area contributed by atoms with E-state index in [9.17, 15) is 8.42 Å². The molecule has 0 saturated carbocycles. The van der Waals surface area contributed by atoms with Crippen LogP contribution in [0.3, 0.4) is 0 Å². The highest BCUT2D eigenvalue weighted by atomic mass is 79.9. The molecule has 0 radical (unpaired) electrons. The molecule has 0 spiro atoms. The van der Waals surface area contributed by atoms with Crippen LogP contribution < -0.4 is 0 Å². The molecule has 0 aromatic heterocycles. The highest BCUT2D eigenvalue weighted by Crippen LogP contribution is 2.25. The first kappa shape index (κ1) is 21.7. The highest BCUT2D eigenvalue weighted by Gasteiger charge is 2.22. The molecule has 152 valence electrons. The lowest BCUT2D eigenvalue weighted by molar-refractivity contribution is 0.333. The molecule has 4 nitrogen and oxygen atoms in total. The maximum absolute atomic E-state index is 13.1. The van der Waals surface area contributed by atoms with Crippen molar-refractivity contribution in [2.45, 2.75) is 4.90 Å². The third-order valence-corrected chi connectivity index (χ3v) is 7.28. The second-order valence-corrected chi connectivity index (χ2v) is 9.95. The highest BCUT2D eigenvalue weighted by molar-refractivity contribution is 9.10. The fourth-order valence-corrected chi connectivity index (χ4v) is 4.69. The molecule has 0 atom stereocenters. The summed E-state index contributed by atoms with van der Waals surface area (Å²) in [4.78, 5) is 2.46. The van der Waals surface area contributed by atoms with Gasteiger partial charge in [-0.05, 0) is 36.2 Å². The standard InChI is InChI=1S/C23H25BrN2O2S/c1-25(16-6-7-19-12-14-21(24)15-13-19)17-18-26(2)29(27,28)23-11-5-9-20-8-3-4-10-22(20)23/h3-15H,16-18H2,1-2H3/b7-6+. The number of sulfonamides is 1. The van der Waals surface area contributed by atoms with Gasteiger partial charge in [0.2, 0.25) is 10.0 Å². The fourth-order valence-electron chi connectivity index (χ4n) is 3.05. The Balaban J connectivity index is 1.60. The van der Waals surface area contributed by atoms with Crippen molar-refractivity contribution in [1.82, 2.24) is 9.21 Å². The number of fused-ring (bicyclic) bond motifs is 1. The number of hydrogen-bond acceptors (Lipinski definition) is 3. The van der Waals surface area contributed by atoms with E-state index < -0.39 is 10.0 Å². The largest absolute Gasteiger partial charge is 0.301 e. The molecule has 0 aliphatic carbocycles. The molecular formula is C23H25BrN2O2S. The fraction of sp³-hybridized carbons (Fsp3) is 0.217. The van der Waals surface area contributed by atoms with Gasteiger partial charge in [0.15, 0.2) is 0 Å². The van der Waals surface area contributed by atoms with E-state index in [4.69, 9.17) is 0 Å². The average molecular weight is 473 g/mol. The number of nitrogens with zero attached hydrogens (tertiary/aromatic N) is 2. The van der Waals surface area contributed by atoms with Gasteiger partial charge < -0.3 is 4.90 Å². The van der Waals surface area contributed by atoms with Crippen molar-refractivity contribution in [3.8, 4) is 0 Å². The van der Waals surface area contributed by atoms with Crippen molar-refractivity contribution in [1.29, 1.82) is 0 Å². The molecule has 3 aromatic carbocycles. The number of likely N-dealkylation sites (N-methyl/N-ethyl adjacent to an activating group) is 2. The smallest absolute Gasteiger partial charge is 0.243 e. The normalized spacial score (nSPS) is 12.4. The number of hydrogen-bond donors (Lipinski definition) is 0. The van der Waals surface area contributed by atoms with E-state index in [-0.39, 0.29) is 0 Å². The first-order valence-corrected chi connectivity index (χ1v) is 11.7. The van der Waals surface area contributed by atoms with Gasteiger partial charge in [-0.3, -0.25) is 0 Å². The molecule has 0 aliphatic heterocycles. The molecule has 3 aromatic rings. The molecule has 0 unspecified atom stereocenters. The van der Waals surface area contributed by atoms with Gasteiger partial charge in [0, 0.05) is 36.5 Å². The number of rotatable bonds is 8. The van der Waals surface area contributed by atoms with Crippen molar-refractivity contribution in [2.24, 2.45) is 0 Å². The van der Waals surface area contributed by atoms with Crippen molar-refractivity contribution >= 4 is 42.8 Å². The Morgan fingerprint density at radius 2 is 1.59 bits per heavy atom. The lowest BCUT2D eigenvalue weighted by Gasteiger charge is -2.21. The summed E-state index contributed by atoms with van der Waals surface area (Å²) in [6.07, 6.45) is 4.15. The maximum Gasteiger partial charge on any atom is 0.243 e. The number of benzene rings is 3. The van der Waals surface area contributed by atoms with Gasteiger partial charge >= 0.3 is 0 Å². The summed E-state index contributed by atoms with van der Waals surface area (Å²) in [5.41, 5.74) is 1.14. The van der Waals surface area contributed by atoms with E-state index in [0.717, 1.165) is 27.4 Å². The molecule has 0 amide bonds. The molecule has 0 N–H and O–H groups in total. The molecule has 0 bridgehead atoms. The minimum absolute atomic E-state index is 0.357. The lowest BCUT2D eigenvalue weighted by Crippen LogP contribution is -2.35. The van der Waals surface area contributed by atoms with Gasteiger partial charge in [-0.1, -0.05) is 76.6 Å². The summed E-state index contributed by atoms with van der Waals surface area (Å²) in [6, 6.07) is 21.1. The van der Waals surface area contributed by atoms with E-state index in [1.54, 1.807) is 19.2 Å². The first-order valence-electron chi connectivity index (χ1n) is 9.43. The molecule has 0 heterocycles. The Kier molecular flexibility index (Phi) is 7.24. The Hall–Kier alpha value is -1.99. The minimum atomic E-state index is -3.54. The van der Waals surface area contributed by atoms with Crippen LogP contribution in [0.25, 0.3) is 16.8 Å². The van der Waals surface area contributed by atoms with Gasteiger partial charge in [0.05, 0.1) is 4.90 Å². The van der Waals surface area contributed by atoms with E-state index >= 15 is 0 Å². The first-order chi connectivity index (χ1) is 13.9. The molecule has 0 fully saturated rings. The zero-order chi connectivity index (χ0) is 20.9. The molecule has 6 heteroatoms. The predicted octanol–water partition coefficient (Wildman–Crippen LogP) is 4.87. The Morgan fingerprint density at radius 3 is 2.34 bits per heavy atom. The van der Waals surface area contributed by atoms with E-state index in [1.807, 2.05) is 61.6 Å². The molecule has 0 saturated heterocycles. The van der Waals surface area contributed by atoms with Crippen LogP contribution in [0.15, 0.2) is 82.2 Å². The summed E-state index contributed by atoms with van der Waals surface area (Å²) in [6.45, 7) is 1.82. The predicted molar refractivity (Wildman–Crippen MR) is 124 cm³/mol. The SMILES string of the molecule is CN(C/C=C/c1ccc(Br)cc1)CCN(C)S(=O)(=O)c1cccc2ccccc12. The maximum atomic E-state index is 13.1. The summed E-state index contributed by atoms with van der Waals surface area (Å²) in [7, 11) is 0.0872. The third-order valence-electron chi connectivity index (χ3n) is 4.83. The van der Waals surface area contributed by atoms with Crippen LogP contribution in [0.2, 0.25) is 0 Å². The second kappa shape index (κ2) is 9.67. The van der Waals surface area contributed by atoms with Gasteiger partial charge in [-0.25, -0.2) is 8.42 Å². The van der Waals surface area contributed by atoms with E-state index in [0.29, 0.717) is 18.0 Å². The van der Waals surface area contributed by atoms with Crippen LogP contribution >= 0.6 is 15.9 Å². The van der Waals surface area contributed by atoms with Gasteiger partial charge in [0.1, 0.15) is 0 Å². The van der Waals surface area contributed by atoms with Crippen LogP contribution in [0.4, 0.5) is 0 Å². The lowest BCUT2D eigenvalue weighted by atomic mass is 10.1. The zero-order valence-corrected chi connectivity index (χ0v) is 19.0. The van der Waals surface area contributed by atoms with E-state index in [1.165, 1.54) is 4.31 Å². The van der Waals surface area contributed by atoms with Gasteiger partial charge in [0.25, 0.3) is 0 Å². The topological polar surface area (TPSA) is 40.6 Å². The third kappa shape index (κ3) is 5.54. The summed E-state index contributed by atoms with van der Waals surface area (Å²) >= 11 is 3.43. The average Bonchev–Trinajstić information content (AvgIpc) is 2.73. The number of halogens is 1. The van der Waals surface area contributed by atoms with Crippen molar-refractivity contribution in [2.75, 3.05) is 33.7 Å². The van der Waals surface area contributed by atoms with Crippen molar-refractivity contribution in [3.05, 3.63) is 82.8 Å². The van der Waals surface area contributed by atoms with E-state index in [2.05, 4.69) is 33.0 Å².